The summed E-state index contributed by atoms with van der Waals surface area (Å²) in [6, 6.07) is -0.0567. The minimum atomic E-state index is -0.0954. The van der Waals surface area contributed by atoms with E-state index in [2.05, 4.69) is 5.32 Å². The highest BCUT2D eigenvalue weighted by atomic mass is 16.3. The number of aliphatic hydroxyl groups is 1. The number of amides is 1. The van der Waals surface area contributed by atoms with Crippen molar-refractivity contribution in [3.8, 4) is 0 Å². The molecule has 0 saturated carbocycles. The standard InChI is InChI=1S/C12H26N2O2/c1-8(2)10(13)7-12(16)14-11(5-6-15)9(3)4/h8-11,15H,5-7,13H2,1-4H3,(H,14,16). The fraction of sp³-hybridized carbons (Fsp3) is 0.917. The predicted octanol–water partition coefficient (Wildman–Crippen LogP) is 0.883. The Kier molecular flexibility index (Phi) is 7.34. The van der Waals surface area contributed by atoms with Gasteiger partial charge in [0, 0.05) is 25.1 Å². The van der Waals surface area contributed by atoms with Gasteiger partial charge in [-0.2, -0.15) is 0 Å². The van der Waals surface area contributed by atoms with Crippen LogP contribution < -0.4 is 11.1 Å². The highest BCUT2D eigenvalue weighted by Gasteiger charge is 2.18. The Morgan fingerprint density at radius 2 is 1.81 bits per heavy atom. The second kappa shape index (κ2) is 7.63. The molecule has 0 radical (unpaired) electrons. The molecule has 0 aromatic carbocycles. The summed E-state index contributed by atoms with van der Waals surface area (Å²) < 4.78 is 0. The van der Waals surface area contributed by atoms with E-state index in [0.717, 1.165) is 0 Å². The molecule has 4 heteroatoms. The minimum Gasteiger partial charge on any atom is -0.396 e. The molecule has 1 amide bonds. The van der Waals surface area contributed by atoms with E-state index in [1.807, 2.05) is 27.7 Å². The molecule has 4 nitrogen and oxygen atoms in total. The summed E-state index contributed by atoms with van der Waals surface area (Å²) in [5.41, 5.74) is 5.83. The second-order valence-corrected chi connectivity index (χ2v) is 5.04. The Hall–Kier alpha value is -0.610. The summed E-state index contributed by atoms with van der Waals surface area (Å²) in [6.45, 7) is 8.17. The zero-order valence-corrected chi connectivity index (χ0v) is 10.9. The molecule has 0 rings (SSSR count). The van der Waals surface area contributed by atoms with Gasteiger partial charge in [-0.25, -0.2) is 0 Å². The van der Waals surface area contributed by atoms with Crippen LogP contribution in [-0.4, -0.2) is 29.7 Å². The lowest BCUT2D eigenvalue weighted by atomic mass is 9.99. The molecule has 0 aliphatic rings. The zero-order chi connectivity index (χ0) is 12.7. The van der Waals surface area contributed by atoms with Crippen LogP contribution in [0.15, 0.2) is 0 Å². The SMILES string of the molecule is CC(C)C(N)CC(=O)NC(CCO)C(C)C. The molecule has 0 saturated heterocycles. The van der Waals surface area contributed by atoms with Crippen LogP contribution in [0.5, 0.6) is 0 Å². The lowest BCUT2D eigenvalue weighted by Crippen LogP contribution is -2.42. The highest BCUT2D eigenvalue weighted by Crippen LogP contribution is 2.07. The van der Waals surface area contributed by atoms with Crippen LogP contribution in [0.2, 0.25) is 0 Å². The van der Waals surface area contributed by atoms with Gasteiger partial charge in [0.2, 0.25) is 5.91 Å². The van der Waals surface area contributed by atoms with Crippen molar-refractivity contribution in [2.24, 2.45) is 17.6 Å². The highest BCUT2D eigenvalue weighted by molar-refractivity contribution is 5.76. The van der Waals surface area contributed by atoms with Crippen LogP contribution in [0.4, 0.5) is 0 Å². The van der Waals surface area contributed by atoms with Crippen molar-refractivity contribution in [2.45, 2.75) is 52.6 Å². The molecule has 4 N–H and O–H groups in total. The summed E-state index contributed by atoms with van der Waals surface area (Å²) in [5.74, 6) is 0.612. The van der Waals surface area contributed by atoms with Crippen LogP contribution in [0.3, 0.4) is 0 Å². The van der Waals surface area contributed by atoms with Gasteiger partial charge in [0.05, 0.1) is 0 Å². The number of carbonyl (C=O) groups excluding carboxylic acids is 1. The van der Waals surface area contributed by atoms with Crippen molar-refractivity contribution in [3.05, 3.63) is 0 Å². The molecule has 0 aromatic rings. The summed E-state index contributed by atoms with van der Waals surface area (Å²) in [5, 5.41) is 11.8. The third-order valence-corrected chi connectivity index (χ3v) is 2.87. The Labute approximate surface area is 98.6 Å². The van der Waals surface area contributed by atoms with Crippen LogP contribution in [0.1, 0.15) is 40.5 Å². The molecular formula is C12H26N2O2. The van der Waals surface area contributed by atoms with Gasteiger partial charge in [-0.3, -0.25) is 4.79 Å². The maximum Gasteiger partial charge on any atom is 0.221 e. The number of nitrogens with two attached hydrogens (primary N) is 1. The third-order valence-electron chi connectivity index (χ3n) is 2.87. The summed E-state index contributed by atoms with van der Waals surface area (Å²) in [4.78, 5) is 11.7. The number of aliphatic hydroxyl groups excluding tert-OH is 1. The van der Waals surface area contributed by atoms with Gasteiger partial charge < -0.3 is 16.2 Å². The molecule has 0 bridgehead atoms. The first-order chi connectivity index (χ1) is 7.38. The summed E-state index contributed by atoms with van der Waals surface area (Å²) >= 11 is 0. The lowest BCUT2D eigenvalue weighted by molar-refractivity contribution is -0.122. The van der Waals surface area contributed by atoms with Gasteiger partial charge in [-0.15, -0.1) is 0 Å². The molecule has 2 unspecified atom stereocenters. The fourth-order valence-electron chi connectivity index (χ4n) is 1.43. The van der Waals surface area contributed by atoms with Crippen molar-refractivity contribution in [1.82, 2.24) is 5.32 Å². The molecule has 16 heavy (non-hydrogen) atoms. The lowest BCUT2D eigenvalue weighted by Gasteiger charge is -2.23. The summed E-state index contributed by atoms with van der Waals surface area (Å²) in [6.07, 6.45) is 0.951. The van der Waals surface area contributed by atoms with Gasteiger partial charge in [-0.05, 0) is 18.3 Å². The molecule has 96 valence electrons. The molecule has 0 spiro atoms. The van der Waals surface area contributed by atoms with E-state index in [0.29, 0.717) is 24.7 Å². The van der Waals surface area contributed by atoms with Crippen molar-refractivity contribution in [2.75, 3.05) is 6.61 Å². The van der Waals surface area contributed by atoms with Crippen LogP contribution in [0, 0.1) is 11.8 Å². The largest absolute Gasteiger partial charge is 0.396 e. The number of nitrogens with one attached hydrogen (secondary N) is 1. The molecule has 0 fully saturated rings. The Bertz CT molecular complexity index is 205. The quantitative estimate of drug-likeness (QED) is 0.608. The predicted molar refractivity (Wildman–Crippen MR) is 65.9 cm³/mol. The number of hydrogen-bond acceptors (Lipinski definition) is 3. The van der Waals surface area contributed by atoms with E-state index in [1.54, 1.807) is 0 Å². The Balaban J connectivity index is 4.09. The smallest absolute Gasteiger partial charge is 0.221 e. The third kappa shape index (κ3) is 6.08. The summed E-state index contributed by atoms with van der Waals surface area (Å²) in [7, 11) is 0. The zero-order valence-electron chi connectivity index (χ0n) is 10.9. The van der Waals surface area contributed by atoms with Crippen LogP contribution in [-0.2, 0) is 4.79 Å². The number of hydrogen-bond donors (Lipinski definition) is 3. The van der Waals surface area contributed by atoms with Gasteiger partial charge in [0.15, 0.2) is 0 Å². The monoisotopic (exact) mass is 230 g/mol. The Morgan fingerprint density at radius 3 is 2.19 bits per heavy atom. The average molecular weight is 230 g/mol. The van der Waals surface area contributed by atoms with Gasteiger partial charge in [0.25, 0.3) is 0 Å². The van der Waals surface area contributed by atoms with E-state index in [9.17, 15) is 4.79 Å². The van der Waals surface area contributed by atoms with Crippen molar-refractivity contribution < 1.29 is 9.90 Å². The molecule has 0 aliphatic carbocycles. The van der Waals surface area contributed by atoms with Gasteiger partial charge >= 0.3 is 0 Å². The average Bonchev–Trinajstić information content (AvgIpc) is 2.16. The number of rotatable bonds is 7. The first-order valence-corrected chi connectivity index (χ1v) is 6.04. The molecular weight excluding hydrogens is 204 g/mol. The molecule has 0 aliphatic heterocycles. The van der Waals surface area contributed by atoms with Crippen molar-refractivity contribution in [3.63, 3.8) is 0 Å². The van der Waals surface area contributed by atoms with Gasteiger partial charge in [0.1, 0.15) is 0 Å². The van der Waals surface area contributed by atoms with E-state index in [1.165, 1.54) is 0 Å². The van der Waals surface area contributed by atoms with E-state index in [-0.39, 0.29) is 24.6 Å². The van der Waals surface area contributed by atoms with Crippen molar-refractivity contribution >= 4 is 5.91 Å². The topological polar surface area (TPSA) is 75.4 Å². The second-order valence-electron chi connectivity index (χ2n) is 5.04. The maximum atomic E-state index is 11.7. The van der Waals surface area contributed by atoms with Crippen LogP contribution >= 0.6 is 0 Å². The van der Waals surface area contributed by atoms with Crippen LogP contribution in [0.25, 0.3) is 0 Å². The first kappa shape index (κ1) is 15.4. The first-order valence-electron chi connectivity index (χ1n) is 6.04. The fourth-order valence-corrected chi connectivity index (χ4v) is 1.43. The van der Waals surface area contributed by atoms with E-state index < -0.39 is 0 Å². The number of carbonyl (C=O) groups is 1. The normalized spacial score (nSPS) is 15.2. The Morgan fingerprint density at radius 1 is 1.25 bits per heavy atom. The van der Waals surface area contributed by atoms with E-state index in [4.69, 9.17) is 10.8 Å². The molecule has 0 heterocycles. The molecule has 2 atom stereocenters. The van der Waals surface area contributed by atoms with Crippen molar-refractivity contribution in [1.29, 1.82) is 0 Å². The van der Waals surface area contributed by atoms with Gasteiger partial charge in [-0.1, -0.05) is 27.7 Å². The van der Waals surface area contributed by atoms with E-state index >= 15 is 0 Å². The molecule has 0 aromatic heterocycles. The minimum absolute atomic E-state index is 0.0200. The maximum absolute atomic E-state index is 11.7.